The van der Waals surface area contributed by atoms with Crippen LogP contribution in [0.15, 0.2) is 35.9 Å². The van der Waals surface area contributed by atoms with Crippen LogP contribution in [0.3, 0.4) is 0 Å². The Morgan fingerprint density at radius 1 is 1.35 bits per heavy atom. The number of hydrogen-bond donors (Lipinski definition) is 3. The largest absolute Gasteiger partial charge is 0.354 e. The summed E-state index contributed by atoms with van der Waals surface area (Å²) in [6.45, 7) is 1.97. The highest BCUT2D eigenvalue weighted by Crippen LogP contribution is 2.38. The number of hydrogen-bond acceptors (Lipinski definition) is 3. The van der Waals surface area contributed by atoms with E-state index in [4.69, 9.17) is 0 Å². The van der Waals surface area contributed by atoms with Crippen LogP contribution < -0.4 is 10.6 Å². The Balaban J connectivity index is 2.04. The number of aromatic amines is 1. The highest BCUT2D eigenvalue weighted by Gasteiger charge is 2.33. The molecule has 0 radical (unpaired) electrons. The van der Waals surface area contributed by atoms with Crippen LogP contribution in [0.1, 0.15) is 40.9 Å². The van der Waals surface area contributed by atoms with Crippen LogP contribution in [0.5, 0.6) is 0 Å². The molecule has 2 amide bonds. The van der Waals surface area contributed by atoms with E-state index >= 15 is 0 Å². The second-order valence-corrected chi connectivity index (χ2v) is 5.54. The van der Waals surface area contributed by atoms with E-state index in [2.05, 4.69) is 20.8 Å². The van der Waals surface area contributed by atoms with Crippen molar-refractivity contribution in [2.75, 3.05) is 12.4 Å². The standard InChI is InChI=1S/C17H18N4O2/c1-10(8-11-6-4-3-5-7-11)12-9-13(22)19-16-14(12)15(20-21-16)17(23)18-2/h3-8,12H,9H2,1-2H3,(H,18,23)(H2,19,20,21,22)/b10-8+. The van der Waals surface area contributed by atoms with Gasteiger partial charge in [0.2, 0.25) is 5.91 Å². The number of nitrogens with one attached hydrogen (secondary N) is 3. The predicted octanol–water partition coefficient (Wildman–Crippen LogP) is 2.30. The molecule has 0 saturated carbocycles. The van der Waals surface area contributed by atoms with Gasteiger partial charge in [0.1, 0.15) is 5.69 Å². The van der Waals surface area contributed by atoms with Crippen LogP contribution in [-0.2, 0) is 4.79 Å². The third-order valence-electron chi connectivity index (χ3n) is 4.00. The van der Waals surface area contributed by atoms with Gasteiger partial charge in [-0.1, -0.05) is 42.0 Å². The van der Waals surface area contributed by atoms with Crippen LogP contribution in [0.4, 0.5) is 5.82 Å². The Bertz CT molecular complexity index is 777. The zero-order chi connectivity index (χ0) is 16.4. The van der Waals surface area contributed by atoms with Gasteiger partial charge in [-0.25, -0.2) is 0 Å². The first kappa shape index (κ1) is 15.0. The summed E-state index contributed by atoms with van der Waals surface area (Å²) in [5.41, 5.74) is 3.21. The fourth-order valence-corrected chi connectivity index (χ4v) is 2.86. The maximum atomic E-state index is 12.0. The SMILES string of the molecule is CNC(=O)c1[nH]nc2c1C(/C(C)=C/c1ccccc1)CC(=O)N2. The number of nitrogens with zero attached hydrogens (tertiary/aromatic N) is 1. The van der Waals surface area contributed by atoms with Crippen molar-refractivity contribution in [3.63, 3.8) is 0 Å². The van der Waals surface area contributed by atoms with Crippen molar-refractivity contribution in [2.24, 2.45) is 0 Å². The lowest BCUT2D eigenvalue weighted by Gasteiger charge is -2.23. The maximum absolute atomic E-state index is 12.0. The van der Waals surface area contributed by atoms with Gasteiger partial charge in [0.05, 0.1) is 0 Å². The molecule has 0 spiro atoms. The Morgan fingerprint density at radius 2 is 2.09 bits per heavy atom. The molecule has 1 atom stereocenters. The van der Waals surface area contributed by atoms with Crippen LogP contribution >= 0.6 is 0 Å². The molecule has 1 aliphatic heterocycles. The lowest BCUT2D eigenvalue weighted by atomic mass is 9.85. The first-order valence-electron chi connectivity index (χ1n) is 7.43. The van der Waals surface area contributed by atoms with E-state index in [1.165, 1.54) is 0 Å². The zero-order valence-corrected chi connectivity index (χ0v) is 13.0. The summed E-state index contributed by atoms with van der Waals surface area (Å²) in [7, 11) is 1.57. The number of benzene rings is 1. The molecule has 0 fully saturated rings. The lowest BCUT2D eigenvalue weighted by Crippen LogP contribution is -2.26. The minimum Gasteiger partial charge on any atom is -0.354 e. The summed E-state index contributed by atoms with van der Waals surface area (Å²) in [6.07, 6.45) is 2.33. The normalized spacial score (nSPS) is 17.4. The zero-order valence-electron chi connectivity index (χ0n) is 13.0. The number of rotatable bonds is 3. The van der Waals surface area contributed by atoms with E-state index in [0.29, 0.717) is 17.9 Å². The topological polar surface area (TPSA) is 86.9 Å². The van der Waals surface area contributed by atoms with E-state index in [1.807, 2.05) is 43.3 Å². The molecule has 6 heteroatoms. The smallest absolute Gasteiger partial charge is 0.269 e. The van der Waals surface area contributed by atoms with Crippen LogP contribution in [-0.4, -0.2) is 29.1 Å². The molecular weight excluding hydrogens is 292 g/mol. The highest BCUT2D eigenvalue weighted by molar-refractivity contribution is 6.00. The molecule has 1 aliphatic rings. The first-order valence-corrected chi connectivity index (χ1v) is 7.43. The number of carbonyl (C=O) groups excluding carboxylic acids is 2. The van der Waals surface area contributed by atoms with Gasteiger partial charge >= 0.3 is 0 Å². The van der Waals surface area contributed by atoms with Crippen molar-refractivity contribution < 1.29 is 9.59 Å². The first-order chi connectivity index (χ1) is 11.1. The van der Waals surface area contributed by atoms with Gasteiger partial charge in [-0.3, -0.25) is 14.7 Å². The van der Waals surface area contributed by atoms with Crippen molar-refractivity contribution in [1.29, 1.82) is 0 Å². The molecule has 3 N–H and O–H groups in total. The highest BCUT2D eigenvalue weighted by atomic mass is 16.2. The number of carbonyl (C=O) groups is 2. The number of allylic oxidation sites excluding steroid dienone is 1. The number of anilines is 1. The number of H-pyrrole nitrogens is 1. The number of aromatic nitrogens is 2. The quantitative estimate of drug-likeness (QED) is 0.813. The maximum Gasteiger partial charge on any atom is 0.269 e. The summed E-state index contributed by atoms with van der Waals surface area (Å²) in [5.74, 6) is -0.0821. The minimum absolute atomic E-state index is 0.0988. The van der Waals surface area contributed by atoms with Gasteiger partial charge in [0.25, 0.3) is 5.91 Å². The molecule has 118 valence electrons. The molecule has 1 aromatic heterocycles. The molecule has 1 unspecified atom stereocenters. The van der Waals surface area contributed by atoms with Gasteiger partial charge in [-0.05, 0) is 12.5 Å². The second-order valence-electron chi connectivity index (χ2n) is 5.54. The van der Waals surface area contributed by atoms with Crippen LogP contribution in [0.2, 0.25) is 0 Å². The lowest BCUT2D eigenvalue weighted by molar-refractivity contribution is -0.116. The van der Waals surface area contributed by atoms with Crippen molar-refractivity contribution >= 4 is 23.7 Å². The van der Waals surface area contributed by atoms with Gasteiger partial charge < -0.3 is 10.6 Å². The average molecular weight is 310 g/mol. The second kappa shape index (κ2) is 6.08. The van der Waals surface area contributed by atoms with Gasteiger partial charge in [-0.2, -0.15) is 5.10 Å². The third kappa shape index (κ3) is 2.88. The number of fused-ring (bicyclic) bond motifs is 1. The summed E-state index contributed by atoms with van der Waals surface area (Å²) >= 11 is 0. The molecule has 0 saturated heterocycles. The summed E-state index contributed by atoms with van der Waals surface area (Å²) in [6, 6.07) is 9.89. The van der Waals surface area contributed by atoms with Crippen molar-refractivity contribution in [2.45, 2.75) is 19.3 Å². The molecule has 2 aromatic rings. The van der Waals surface area contributed by atoms with E-state index < -0.39 is 0 Å². The average Bonchev–Trinajstić information content (AvgIpc) is 2.97. The van der Waals surface area contributed by atoms with E-state index in [9.17, 15) is 9.59 Å². The Hall–Kier alpha value is -2.89. The Labute approximate surface area is 134 Å². The van der Waals surface area contributed by atoms with Gasteiger partial charge in [-0.15, -0.1) is 0 Å². The molecule has 3 rings (SSSR count). The summed E-state index contributed by atoms with van der Waals surface area (Å²) in [5, 5.41) is 12.1. The molecule has 6 nitrogen and oxygen atoms in total. The monoisotopic (exact) mass is 310 g/mol. The molecule has 2 heterocycles. The van der Waals surface area contributed by atoms with Crippen molar-refractivity contribution in [3.05, 3.63) is 52.7 Å². The Kier molecular flexibility index (Phi) is 3.97. The molecule has 0 bridgehead atoms. The fourth-order valence-electron chi connectivity index (χ4n) is 2.86. The molecule has 1 aromatic carbocycles. The molecular formula is C17H18N4O2. The van der Waals surface area contributed by atoms with E-state index in [0.717, 1.165) is 16.7 Å². The van der Waals surface area contributed by atoms with Crippen molar-refractivity contribution in [1.82, 2.24) is 15.5 Å². The van der Waals surface area contributed by atoms with Crippen LogP contribution in [0, 0.1) is 0 Å². The molecule has 23 heavy (non-hydrogen) atoms. The summed E-state index contributed by atoms with van der Waals surface area (Å²) in [4.78, 5) is 24.0. The third-order valence-corrected chi connectivity index (χ3v) is 4.00. The Morgan fingerprint density at radius 3 is 2.78 bits per heavy atom. The van der Waals surface area contributed by atoms with Crippen molar-refractivity contribution in [3.8, 4) is 0 Å². The van der Waals surface area contributed by atoms with E-state index in [-0.39, 0.29) is 17.7 Å². The predicted molar refractivity (Wildman–Crippen MR) is 88.1 cm³/mol. The van der Waals surface area contributed by atoms with E-state index in [1.54, 1.807) is 7.05 Å². The molecule has 0 aliphatic carbocycles. The van der Waals surface area contributed by atoms with Gasteiger partial charge in [0, 0.05) is 24.9 Å². The minimum atomic E-state index is -0.243. The van der Waals surface area contributed by atoms with Crippen LogP contribution in [0.25, 0.3) is 6.08 Å². The fraction of sp³-hybridized carbons (Fsp3) is 0.235. The number of amides is 2. The summed E-state index contributed by atoms with van der Waals surface area (Å²) < 4.78 is 0. The van der Waals surface area contributed by atoms with Gasteiger partial charge in [0.15, 0.2) is 5.82 Å².